The maximum absolute atomic E-state index is 4.66. The third kappa shape index (κ3) is 25.9. The first-order chi connectivity index (χ1) is 56.5. The monoisotopic (exact) mass is 1640 g/mol. The van der Waals surface area contributed by atoms with Gasteiger partial charge in [0.1, 0.15) is 93.3 Å². The molecule has 25 heteroatoms. The predicted octanol–water partition coefficient (Wildman–Crippen LogP) is 25.0. The third-order valence-electron chi connectivity index (χ3n) is 19.8. The summed E-state index contributed by atoms with van der Waals surface area (Å²) >= 11 is 0. The van der Waals surface area contributed by atoms with E-state index in [1.165, 1.54) is 28.3 Å². The Hall–Kier alpha value is -10.2. The molecule has 0 unspecified atom stereocenters. The number of aliphatic imine (C=N–C) groups is 1. The Labute approximate surface area is 718 Å². The van der Waals surface area contributed by atoms with Crippen LogP contribution in [-0.4, -0.2) is 118 Å². The molecule has 14 heterocycles. The van der Waals surface area contributed by atoms with Gasteiger partial charge in [-0.15, -0.1) is 0 Å². The number of pyridine rings is 3. The van der Waals surface area contributed by atoms with Crippen LogP contribution in [0.2, 0.25) is 0 Å². The Kier molecular flexibility index (Phi) is 37.8. The zero-order chi connectivity index (χ0) is 89.4. The van der Waals surface area contributed by atoms with Gasteiger partial charge in [-0.05, 0) is 170 Å². The largest absolute Gasteiger partial charge is 0.349 e. The van der Waals surface area contributed by atoms with Crippen LogP contribution in [0.1, 0.15) is 420 Å². The number of hydrogen-bond acceptors (Lipinski definition) is 17. The molecule has 0 radical (unpaired) electrons. The van der Waals surface area contributed by atoms with Crippen molar-refractivity contribution in [1.82, 2.24) is 112 Å². The summed E-state index contributed by atoms with van der Waals surface area (Å²) < 4.78 is 17.6. The van der Waals surface area contributed by atoms with E-state index >= 15 is 0 Å². The smallest absolute Gasteiger partial charge is 0.163 e. The SMILES string of the molecule is CC(C)c1cccn1C(C)C.CC(C)c1cccnc1C(C)C.CC(C)c1nc2c(n1C(C)C)NC=NC2.CC(C)c1nc2cccnc2n1C(C)C.CC(C)c1nc2cnccc2n1C(C)C.CC(C)c1nc2cncnc2n1C(C)C.CC(C)c1nc2cncnc2n1C(C)C.CC(C)c1nccn1C(C)C.CC(C)c1ncnn1C(C)C. The van der Waals surface area contributed by atoms with Gasteiger partial charge >= 0.3 is 0 Å². The molecule has 14 rings (SSSR count). The molecule has 25 nitrogen and oxygen atoms in total. The first kappa shape index (κ1) is 98.6. The summed E-state index contributed by atoms with van der Waals surface area (Å²) in [7, 11) is 0. The number of nitrogens with one attached hydrogen (secondary N) is 1. The Balaban J connectivity index is 0.000000210. The topological polar surface area (TPSA) is 257 Å². The van der Waals surface area contributed by atoms with E-state index in [0.717, 1.165) is 85.5 Å². The number of fused-ring (bicyclic) bond motifs is 5. The van der Waals surface area contributed by atoms with Gasteiger partial charge in [-0.2, -0.15) is 5.10 Å². The first-order valence-electron chi connectivity index (χ1n) is 43.9. The van der Waals surface area contributed by atoms with Gasteiger partial charge in [0, 0.05) is 138 Å². The van der Waals surface area contributed by atoms with Crippen molar-refractivity contribution in [3.8, 4) is 0 Å². The fraction of sp³-hybridized carbons (Fsp3) is 0.579. The highest BCUT2D eigenvalue weighted by Gasteiger charge is 2.24. The number of hydrogen-bond donors (Lipinski definition) is 1. The van der Waals surface area contributed by atoms with E-state index in [2.05, 4.69) is 391 Å². The van der Waals surface area contributed by atoms with E-state index in [4.69, 9.17) is 0 Å². The second-order valence-corrected chi connectivity index (χ2v) is 36.2. The number of aromatic nitrogens is 23. The summed E-state index contributed by atoms with van der Waals surface area (Å²) in [5, 5.41) is 7.34. The van der Waals surface area contributed by atoms with Crippen LogP contribution >= 0.6 is 0 Å². The Morgan fingerprint density at radius 1 is 0.308 bits per heavy atom. The highest BCUT2D eigenvalue weighted by Crippen LogP contribution is 2.32. The fourth-order valence-electron chi connectivity index (χ4n) is 14.3. The molecule has 1 aliphatic heterocycles. The molecule has 0 aliphatic carbocycles. The highest BCUT2D eigenvalue weighted by molar-refractivity contribution is 5.78. The second-order valence-electron chi connectivity index (χ2n) is 36.2. The zero-order valence-electron chi connectivity index (χ0n) is 79.9. The van der Waals surface area contributed by atoms with Gasteiger partial charge in [-0.3, -0.25) is 15.0 Å². The summed E-state index contributed by atoms with van der Waals surface area (Å²) in [5.41, 5.74) is 12.9. The van der Waals surface area contributed by atoms with E-state index in [9.17, 15) is 0 Å². The van der Waals surface area contributed by atoms with E-state index in [-0.39, 0.29) is 0 Å². The molecule has 0 aromatic carbocycles. The average Bonchev–Trinajstić information content (AvgIpc) is 1.66. The molecule has 0 atom stereocenters. The molecule has 120 heavy (non-hydrogen) atoms. The molecule has 1 aliphatic rings. The number of nitrogens with zero attached hydrogens (tertiary/aromatic N) is 24. The van der Waals surface area contributed by atoms with Crippen molar-refractivity contribution in [3.05, 3.63) is 181 Å². The van der Waals surface area contributed by atoms with Crippen molar-refractivity contribution in [2.24, 2.45) is 4.99 Å². The number of rotatable bonds is 18. The van der Waals surface area contributed by atoms with Crippen LogP contribution in [0.5, 0.6) is 0 Å². The third-order valence-corrected chi connectivity index (χ3v) is 19.8. The van der Waals surface area contributed by atoms with Crippen molar-refractivity contribution < 1.29 is 0 Å². The molecule has 0 bridgehead atoms. The van der Waals surface area contributed by atoms with Crippen LogP contribution in [-0.2, 0) is 6.54 Å². The Morgan fingerprint density at radius 2 is 0.758 bits per heavy atom. The van der Waals surface area contributed by atoms with Crippen LogP contribution in [0.3, 0.4) is 0 Å². The zero-order valence-corrected chi connectivity index (χ0v) is 79.9. The minimum Gasteiger partial charge on any atom is -0.349 e. The van der Waals surface area contributed by atoms with Gasteiger partial charge in [0.05, 0.1) is 37.0 Å². The van der Waals surface area contributed by atoms with Crippen molar-refractivity contribution in [1.29, 1.82) is 0 Å². The van der Waals surface area contributed by atoms with Crippen LogP contribution in [0.15, 0.2) is 122 Å². The van der Waals surface area contributed by atoms with Crippen molar-refractivity contribution in [2.75, 3.05) is 5.32 Å². The summed E-state index contributed by atoms with van der Waals surface area (Å²) in [4.78, 5) is 65.2. The van der Waals surface area contributed by atoms with Crippen LogP contribution < -0.4 is 5.32 Å². The molecule has 0 spiro atoms. The molecule has 13 aromatic rings. The normalized spacial score (nSPS) is 12.0. The summed E-state index contributed by atoms with van der Waals surface area (Å²) in [5.74, 6) is 13.8. The molecule has 13 aromatic heterocycles. The van der Waals surface area contributed by atoms with Crippen LogP contribution in [0.4, 0.5) is 5.82 Å². The van der Waals surface area contributed by atoms with Crippen molar-refractivity contribution in [3.63, 3.8) is 0 Å². The van der Waals surface area contributed by atoms with E-state index in [1.54, 1.807) is 37.7 Å². The predicted molar refractivity (Wildman–Crippen MR) is 499 cm³/mol. The molecule has 0 fully saturated rings. The van der Waals surface area contributed by atoms with E-state index < -0.39 is 0 Å². The minimum atomic E-state index is 0.377. The standard InChI is InChI=1S/2C12H17N3.C11H18N4.2C11H16N4.C11H17N.C10H17N.C9H16N2.C8H15N3/c1-8(2)12-14-10-7-13-6-5-11(10)15(12)9(3)4;1-8(2)11-14-10-6-5-7-13-12(10)15(11)9(3)4;3*1-7(2)10-14-9-5-12-6-13-11(9)15(10)8(3)4;1-8(2)10-6-5-7-12-11(10)9(3)4;1-8(2)10-6-5-7-11(10)9(3)4;1-7(2)9-10-5-6-11(9)8(3)4;1-6(2)8-9-5-10-11(8)7(3)4/h2*5-9H,1-4H3;6-8H,5H2,1-4H3,(H,12,13);2*5-8H,1-4H3;5-9H,1-4H3;5-9H,1-4H3;5-8H,1-4H3;5-7H,1-4H3. The highest BCUT2D eigenvalue weighted by atomic mass is 15.3. The molecule has 0 saturated heterocycles. The lowest BCUT2D eigenvalue weighted by Gasteiger charge is -2.18. The Bertz CT molecular complexity index is 4620. The maximum Gasteiger partial charge on any atom is 0.163 e. The molecular formula is C95H149N25. The van der Waals surface area contributed by atoms with Gasteiger partial charge in [-0.1, -0.05) is 145 Å². The molecule has 0 amide bonds. The first-order valence-corrected chi connectivity index (χ1v) is 43.9. The average molecular weight is 1640 g/mol. The summed E-state index contributed by atoms with van der Waals surface area (Å²) in [6, 6.07) is 18.0. The lowest BCUT2D eigenvalue weighted by Crippen LogP contribution is -2.13. The second kappa shape index (κ2) is 46.0. The quantitative estimate of drug-likeness (QED) is 0.0837. The lowest BCUT2D eigenvalue weighted by molar-refractivity contribution is 0.492. The molecular weight excluding hydrogens is 1490 g/mol. The maximum atomic E-state index is 4.66. The van der Waals surface area contributed by atoms with E-state index in [1.807, 2.05) is 66.1 Å². The van der Waals surface area contributed by atoms with Gasteiger partial charge in [-0.25, -0.2) is 64.5 Å². The van der Waals surface area contributed by atoms with Gasteiger partial charge in [0.25, 0.3) is 0 Å². The van der Waals surface area contributed by atoms with Crippen molar-refractivity contribution >= 4 is 56.7 Å². The minimum absolute atomic E-state index is 0.377. The number of anilines is 1. The van der Waals surface area contributed by atoms with Gasteiger partial charge in [0.2, 0.25) is 0 Å². The van der Waals surface area contributed by atoms with Gasteiger partial charge in [0.15, 0.2) is 16.9 Å². The molecule has 654 valence electrons. The van der Waals surface area contributed by atoms with Gasteiger partial charge < -0.3 is 37.3 Å². The molecule has 1 N–H and O–H groups in total. The van der Waals surface area contributed by atoms with Crippen LogP contribution in [0.25, 0.3) is 44.5 Å². The number of imidazole rings is 6. The summed E-state index contributed by atoms with van der Waals surface area (Å²) in [6.45, 7) is 78.8. The van der Waals surface area contributed by atoms with E-state index in [0.29, 0.717) is 114 Å². The lowest BCUT2D eigenvalue weighted by atomic mass is 9.96. The van der Waals surface area contributed by atoms with Crippen LogP contribution in [0, 0.1) is 0 Å². The van der Waals surface area contributed by atoms with Crippen molar-refractivity contribution in [2.45, 2.75) is 363 Å². The fourth-order valence-corrected chi connectivity index (χ4v) is 14.3. The Morgan fingerprint density at radius 3 is 1.18 bits per heavy atom. The summed E-state index contributed by atoms with van der Waals surface area (Å²) in [6.07, 6.45) is 23.5. The molecule has 0 saturated carbocycles.